The van der Waals surface area contributed by atoms with Crippen LogP contribution in [-0.4, -0.2) is 31.5 Å². The summed E-state index contributed by atoms with van der Waals surface area (Å²) in [6.45, 7) is 9.36. The van der Waals surface area contributed by atoms with E-state index in [-0.39, 0.29) is 17.4 Å². The maximum atomic E-state index is 12.6. The van der Waals surface area contributed by atoms with Crippen molar-refractivity contribution in [3.63, 3.8) is 0 Å². The number of halogens is 1. The van der Waals surface area contributed by atoms with Gasteiger partial charge in [0, 0.05) is 18.9 Å². The fourth-order valence-electron chi connectivity index (χ4n) is 2.19. The summed E-state index contributed by atoms with van der Waals surface area (Å²) in [5, 5.41) is 11.8. The lowest BCUT2D eigenvalue weighted by molar-refractivity contribution is 0.0879. The third kappa shape index (κ3) is 3.68. The van der Waals surface area contributed by atoms with Gasteiger partial charge in [0.15, 0.2) is 0 Å². The van der Waals surface area contributed by atoms with Gasteiger partial charge in [-0.2, -0.15) is 10.2 Å². The average molecular weight is 324 g/mol. The molecule has 7 heteroatoms. The van der Waals surface area contributed by atoms with E-state index in [4.69, 9.17) is 11.6 Å². The highest BCUT2D eigenvalue weighted by Crippen LogP contribution is 2.22. The SMILES string of the molecule is CCn1ncc(Cl)c1C(=O)N[C@H](Cn1cccn1)C(C)(C)C. The topological polar surface area (TPSA) is 64.7 Å². The Morgan fingerprint density at radius 2 is 2.14 bits per heavy atom. The van der Waals surface area contributed by atoms with Crippen molar-refractivity contribution in [2.24, 2.45) is 5.41 Å². The number of aromatic nitrogens is 4. The molecule has 2 heterocycles. The molecule has 0 saturated heterocycles. The zero-order chi connectivity index (χ0) is 16.3. The van der Waals surface area contributed by atoms with Crippen molar-refractivity contribution in [1.29, 1.82) is 0 Å². The Hall–Kier alpha value is -1.82. The summed E-state index contributed by atoms with van der Waals surface area (Å²) in [6, 6.07) is 1.78. The fraction of sp³-hybridized carbons (Fsp3) is 0.533. The predicted octanol–water partition coefficient (Wildman–Crippen LogP) is 2.60. The number of hydrogen-bond acceptors (Lipinski definition) is 3. The van der Waals surface area contributed by atoms with Gasteiger partial charge in [0.25, 0.3) is 5.91 Å². The van der Waals surface area contributed by atoms with Gasteiger partial charge in [-0.15, -0.1) is 0 Å². The normalized spacial score (nSPS) is 13.1. The molecule has 22 heavy (non-hydrogen) atoms. The number of nitrogens with zero attached hydrogens (tertiary/aromatic N) is 4. The Balaban J connectivity index is 2.19. The van der Waals surface area contributed by atoms with Crippen LogP contribution in [0.5, 0.6) is 0 Å². The Morgan fingerprint density at radius 3 is 2.68 bits per heavy atom. The van der Waals surface area contributed by atoms with Crippen LogP contribution in [0.25, 0.3) is 0 Å². The molecule has 1 N–H and O–H groups in total. The first-order chi connectivity index (χ1) is 10.3. The van der Waals surface area contributed by atoms with Crippen molar-refractivity contribution < 1.29 is 4.79 Å². The van der Waals surface area contributed by atoms with Crippen molar-refractivity contribution in [3.8, 4) is 0 Å². The Labute approximate surface area is 135 Å². The second-order valence-electron chi connectivity index (χ2n) is 6.28. The summed E-state index contributed by atoms with van der Waals surface area (Å²) in [5.74, 6) is -0.212. The first-order valence-electron chi connectivity index (χ1n) is 7.32. The van der Waals surface area contributed by atoms with Gasteiger partial charge in [-0.1, -0.05) is 32.4 Å². The molecule has 0 spiro atoms. The molecule has 2 rings (SSSR count). The standard InChI is InChI=1S/C15H22ClN5O/c1-5-21-13(11(16)9-18-21)14(22)19-12(15(2,3)4)10-20-8-6-7-17-20/h6-9,12H,5,10H2,1-4H3,(H,19,22)/t12-/m1/s1. The van der Waals surface area contributed by atoms with Crippen LogP contribution in [0, 0.1) is 5.41 Å². The van der Waals surface area contributed by atoms with Crippen LogP contribution < -0.4 is 5.32 Å². The molecular weight excluding hydrogens is 302 g/mol. The van der Waals surface area contributed by atoms with Crippen molar-refractivity contribution in [3.05, 3.63) is 35.4 Å². The number of aryl methyl sites for hydroxylation is 1. The minimum Gasteiger partial charge on any atom is -0.346 e. The second-order valence-corrected chi connectivity index (χ2v) is 6.68. The molecule has 1 amide bonds. The number of carbonyl (C=O) groups is 1. The Kier molecular flexibility index (Phi) is 4.90. The van der Waals surface area contributed by atoms with Crippen LogP contribution >= 0.6 is 11.6 Å². The third-order valence-electron chi connectivity index (χ3n) is 3.59. The zero-order valence-corrected chi connectivity index (χ0v) is 14.1. The van der Waals surface area contributed by atoms with Crippen LogP contribution in [0.2, 0.25) is 5.02 Å². The highest BCUT2D eigenvalue weighted by Gasteiger charge is 2.29. The molecule has 6 nitrogen and oxygen atoms in total. The summed E-state index contributed by atoms with van der Waals surface area (Å²) in [4.78, 5) is 12.6. The molecule has 2 aromatic heterocycles. The van der Waals surface area contributed by atoms with Crippen LogP contribution in [0.1, 0.15) is 38.2 Å². The summed E-state index contributed by atoms with van der Waals surface area (Å²) in [5.41, 5.74) is 0.282. The van der Waals surface area contributed by atoms with Crippen LogP contribution in [0.15, 0.2) is 24.7 Å². The van der Waals surface area contributed by atoms with Crippen molar-refractivity contribution in [1.82, 2.24) is 24.9 Å². The molecule has 1 atom stereocenters. The number of rotatable bonds is 5. The summed E-state index contributed by atoms with van der Waals surface area (Å²) < 4.78 is 3.42. The van der Waals surface area contributed by atoms with E-state index in [1.807, 2.05) is 23.9 Å². The van der Waals surface area contributed by atoms with Gasteiger partial charge in [-0.25, -0.2) is 0 Å². The molecule has 2 aromatic rings. The van der Waals surface area contributed by atoms with Gasteiger partial charge in [-0.3, -0.25) is 14.2 Å². The van der Waals surface area contributed by atoms with Gasteiger partial charge in [0.05, 0.1) is 23.8 Å². The largest absolute Gasteiger partial charge is 0.346 e. The lowest BCUT2D eigenvalue weighted by Crippen LogP contribution is -2.47. The molecular formula is C15H22ClN5O. The van der Waals surface area contributed by atoms with Gasteiger partial charge in [0.2, 0.25) is 0 Å². The van der Waals surface area contributed by atoms with E-state index in [9.17, 15) is 4.79 Å². The zero-order valence-electron chi connectivity index (χ0n) is 13.4. The number of nitrogens with one attached hydrogen (secondary N) is 1. The molecule has 0 aliphatic carbocycles. The minimum absolute atomic E-state index is 0.0869. The molecule has 0 aliphatic heterocycles. The lowest BCUT2D eigenvalue weighted by Gasteiger charge is -2.31. The molecule has 0 aromatic carbocycles. The number of amides is 1. The summed E-state index contributed by atoms with van der Waals surface area (Å²) in [6.07, 6.45) is 5.11. The van der Waals surface area contributed by atoms with Gasteiger partial charge in [-0.05, 0) is 18.4 Å². The number of hydrogen-bond donors (Lipinski definition) is 1. The van der Waals surface area contributed by atoms with E-state index >= 15 is 0 Å². The first-order valence-corrected chi connectivity index (χ1v) is 7.70. The van der Waals surface area contributed by atoms with E-state index in [0.717, 1.165) is 0 Å². The lowest BCUT2D eigenvalue weighted by atomic mass is 9.86. The number of carbonyl (C=O) groups excluding carboxylic acids is 1. The molecule has 0 saturated carbocycles. The Bertz CT molecular complexity index is 627. The monoisotopic (exact) mass is 323 g/mol. The maximum absolute atomic E-state index is 12.6. The van der Waals surface area contributed by atoms with Crippen LogP contribution in [0.4, 0.5) is 0 Å². The average Bonchev–Trinajstić information content (AvgIpc) is 3.05. The van der Waals surface area contributed by atoms with Crippen molar-refractivity contribution in [2.75, 3.05) is 0 Å². The molecule has 0 unspecified atom stereocenters. The van der Waals surface area contributed by atoms with Crippen LogP contribution in [0.3, 0.4) is 0 Å². The smallest absolute Gasteiger partial charge is 0.271 e. The first kappa shape index (κ1) is 16.5. The Morgan fingerprint density at radius 1 is 1.41 bits per heavy atom. The van der Waals surface area contributed by atoms with E-state index in [0.29, 0.717) is 23.8 Å². The van der Waals surface area contributed by atoms with Crippen molar-refractivity contribution >= 4 is 17.5 Å². The van der Waals surface area contributed by atoms with E-state index in [1.165, 1.54) is 6.20 Å². The predicted molar refractivity (Wildman–Crippen MR) is 85.8 cm³/mol. The van der Waals surface area contributed by atoms with E-state index in [2.05, 4.69) is 36.3 Å². The summed E-state index contributed by atoms with van der Waals surface area (Å²) >= 11 is 6.10. The van der Waals surface area contributed by atoms with Crippen LogP contribution in [-0.2, 0) is 13.1 Å². The second kappa shape index (κ2) is 6.52. The molecule has 0 fully saturated rings. The third-order valence-corrected chi connectivity index (χ3v) is 3.87. The van der Waals surface area contributed by atoms with E-state index in [1.54, 1.807) is 10.9 Å². The van der Waals surface area contributed by atoms with Gasteiger partial charge in [0.1, 0.15) is 5.69 Å². The quantitative estimate of drug-likeness (QED) is 0.919. The minimum atomic E-state index is -0.212. The van der Waals surface area contributed by atoms with Gasteiger partial charge >= 0.3 is 0 Å². The van der Waals surface area contributed by atoms with Gasteiger partial charge < -0.3 is 5.32 Å². The summed E-state index contributed by atoms with van der Waals surface area (Å²) in [7, 11) is 0. The fourth-order valence-corrected chi connectivity index (χ4v) is 2.41. The molecule has 0 bridgehead atoms. The maximum Gasteiger partial charge on any atom is 0.271 e. The molecule has 0 radical (unpaired) electrons. The van der Waals surface area contributed by atoms with Crippen molar-refractivity contribution in [2.45, 2.75) is 46.8 Å². The highest BCUT2D eigenvalue weighted by molar-refractivity contribution is 6.33. The molecule has 0 aliphatic rings. The highest BCUT2D eigenvalue weighted by atomic mass is 35.5. The molecule has 120 valence electrons. The van der Waals surface area contributed by atoms with E-state index < -0.39 is 0 Å².